The van der Waals surface area contributed by atoms with Gasteiger partial charge in [-0.25, -0.2) is 13.4 Å². The van der Waals surface area contributed by atoms with Crippen LogP contribution in [0.25, 0.3) is 10.9 Å². The molecule has 0 amide bonds. The summed E-state index contributed by atoms with van der Waals surface area (Å²) in [6, 6.07) is 11.1. The largest absolute Gasteiger partial charge is 0.367 e. The van der Waals surface area contributed by atoms with Crippen molar-refractivity contribution >= 4 is 49.7 Å². The summed E-state index contributed by atoms with van der Waals surface area (Å²) in [7, 11) is -3.63. The van der Waals surface area contributed by atoms with Gasteiger partial charge in [0.05, 0.1) is 5.52 Å². The zero-order valence-electron chi connectivity index (χ0n) is 15.6. The Bertz CT molecular complexity index is 1120. The van der Waals surface area contributed by atoms with E-state index < -0.39 is 15.6 Å². The van der Waals surface area contributed by atoms with Gasteiger partial charge in [-0.05, 0) is 36.4 Å². The van der Waals surface area contributed by atoms with E-state index in [1.54, 1.807) is 11.4 Å². The first-order valence-corrected chi connectivity index (χ1v) is 11.9. The molecule has 0 atom stereocenters. The second kappa shape index (κ2) is 8.44. The van der Waals surface area contributed by atoms with E-state index in [1.165, 1.54) is 18.9 Å². The average Bonchev–Trinajstić information content (AvgIpc) is 3.42. The fourth-order valence-corrected chi connectivity index (χ4v) is 5.69. The van der Waals surface area contributed by atoms with Crippen molar-refractivity contribution in [2.75, 3.05) is 11.1 Å². The van der Waals surface area contributed by atoms with E-state index in [2.05, 4.69) is 20.3 Å². The van der Waals surface area contributed by atoms with Crippen LogP contribution < -0.4 is 10.8 Å². The van der Waals surface area contributed by atoms with Crippen LogP contribution in [-0.4, -0.2) is 41.2 Å². The first-order valence-electron chi connectivity index (χ1n) is 9.32. The maximum Gasteiger partial charge on any atom is 0.253 e. The third kappa shape index (κ3) is 4.55. The normalized spacial score (nSPS) is 15.7. The lowest BCUT2D eigenvalue weighted by atomic mass is 10.2. The first kappa shape index (κ1) is 19.7. The first-order chi connectivity index (χ1) is 14.0. The van der Waals surface area contributed by atoms with E-state index in [0.29, 0.717) is 17.4 Å². The van der Waals surface area contributed by atoms with Crippen LogP contribution in [0.3, 0.4) is 0 Å². The van der Waals surface area contributed by atoms with Crippen LogP contribution in [0.5, 0.6) is 0 Å². The molecule has 0 radical (unpaired) electrons. The highest BCUT2D eigenvalue weighted by molar-refractivity contribution is 7.94. The molecule has 10 heteroatoms. The summed E-state index contributed by atoms with van der Waals surface area (Å²) in [6.45, 7) is 0. The molecule has 29 heavy (non-hydrogen) atoms. The predicted octanol–water partition coefficient (Wildman–Crippen LogP) is 3.53. The smallest absolute Gasteiger partial charge is 0.253 e. The monoisotopic (exact) mass is 431 g/mol. The van der Waals surface area contributed by atoms with Crippen molar-refractivity contribution in [2.45, 2.75) is 35.9 Å². The molecule has 1 aromatic carbocycles. The molecule has 1 saturated carbocycles. The summed E-state index contributed by atoms with van der Waals surface area (Å²) in [5.74, 6) is 0.133. The van der Waals surface area contributed by atoms with E-state index in [0.717, 1.165) is 29.6 Å². The highest BCUT2D eigenvalue weighted by Crippen LogP contribution is 2.27. The van der Waals surface area contributed by atoms with Crippen LogP contribution in [-0.2, 0) is 9.84 Å². The SMILES string of the molecule is O=S(=O)(C/C(=N/c1nc(NC2CCCC2)c2ccccc2n1)NO)c1cccs1. The molecule has 152 valence electrons. The second-order valence-electron chi connectivity index (χ2n) is 6.88. The molecule has 0 unspecified atom stereocenters. The van der Waals surface area contributed by atoms with Crippen molar-refractivity contribution in [3.8, 4) is 0 Å². The highest BCUT2D eigenvalue weighted by atomic mass is 32.2. The van der Waals surface area contributed by atoms with Crippen molar-refractivity contribution in [1.29, 1.82) is 0 Å². The van der Waals surface area contributed by atoms with Crippen LogP contribution in [0.15, 0.2) is 51.0 Å². The Kier molecular flexibility index (Phi) is 5.74. The number of amidine groups is 1. The Labute approximate surface area is 172 Å². The van der Waals surface area contributed by atoms with Gasteiger partial charge in [-0.1, -0.05) is 31.0 Å². The highest BCUT2D eigenvalue weighted by Gasteiger charge is 2.20. The van der Waals surface area contributed by atoms with Crippen molar-refractivity contribution in [3.05, 3.63) is 41.8 Å². The number of hydroxylamine groups is 1. The second-order valence-corrected chi connectivity index (χ2v) is 10.0. The van der Waals surface area contributed by atoms with Crippen molar-refractivity contribution < 1.29 is 13.6 Å². The zero-order chi connectivity index (χ0) is 20.3. The van der Waals surface area contributed by atoms with Gasteiger partial charge in [0.25, 0.3) is 5.95 Å². The predicted molar refractivity (Wildman–Crippen MR) is 114 cm³/mol. The zero-order valence-corrected chi connectivity index (χ0v) is 17.2. The number of hydrogen-bond donors (Lipinski definition) is 3. The summed E-state index contributed by atoms with van der Waals surface area (Å²) in [5.41, 5.74) is 2.58. The lowest BCUT2D eigenvalue weighted by molar-refractivity contribution is 0.234. The molecule has 2 aromatic heterocycles. The van der Waals surface area contributed by atoms with Crippen LogP contribution in [0.4, 0.5) is 11.8 Å². The molecule has 0 aliphatic heterocycles. The minimum atomic E-state index is -3.63. The summed E-state index contributed by atoms with van der Waals surface area (Å²) in [5, 5.41) is 15.5. The van der Waals surface area contributed by atoms with Crippen LogP contribution >= 0.6 is 11.3 Å². The van der Waals surface area contributed by atoms with Gasteiger partial charge in [-0.3, -0.25) is 10.7 Å². The molecule has 0 saturated heterocycles. The van der Waals surface area contributed by atoms with Gasteiger partial charge in [0.15, 0.2) is 9.84 Å². The molecule has 3 aromatic rings. The number of anilines is 1. The molecule has 4 rings (SSSR count). The van der Waals surface area contributed by atoms with Crippen LogP contribution in [0, 0.1) is 0 Å². The Morgan fingerprint density at radius 3 is 2.69 bits per heavy atom. The third-order valence-corrected chi connectivity index (χ3v) is 7.89. The van der Waals surface area contributed by atoms with Gasteiger partial charge in [0.1, 0.15) is 21.6 Å². The van der Waals surface area contributed by atoms with Crippen molar-refractivity contribution in [1.82, 2.24) is 15.4 Å². The van der Waals surface area contributed by atoms with Crippen LogP contribution in [0.2, 0.25) is 0 Å². The number of thiophene rings is 1. The maximum absolute atomic E-state index is 12.5. The number of sulfone groups is 1. The molecule has 1 aliphatic carbocycles. The minimum Gasteiger partial charge on any atom is -0.367 e. The number of benzene rings is 1. The minimum absolute atomic E-state index is 0.0853. The lowest BCUT2D eigenvalue weighted by Crippen LogP contribution is -2.27. The van der Waals surface area contributed by atoms with Gasteiger partial charge in [-0.2, -0.15) is 9.98 Å². The number of hydrogen-bond acceptors (Lipinski definition) is 8. The van der Waals surface area contributed by atoms with Gasteiger partial charge in [0, 0.05) is 11.4 Å². The molecule has 8 nitrogen and oxygen atoms in total. The number of nitrogens with one attached hydrogen (secondary N) is 2. The Hall–Kier alpha value is -2.56. The Balaban J connectivity index is 1.68. The molecular formula is C19H21N5O3S2. The van der Waals surface area contributed by atoms with E-state index in [-0.39, 0.29) is 16.0 Å². The van der Waals surface area contributed by atoms with E-state index in [9.17, 15) is 13.6 Å². The fraction of sp³-hybridized carbons (Fsp3) is 0.316. The van der Waals surface area contributed by atoms with Crippen molar-refractivity contribution in [3.63, 3.8) is 0 Å². The maximum atomic E-state index is 12.5. The van der Waals surface area contributed by atoms with Crippen LogP contribution in [0.1, 0.15) is 25.7 Å². The Morgan fingerprint density at radius 1 is 1.17 bits per heavy atom. The summed E-state index contributed by atoms with van der Waals surface area (Å²) in [6.07, 6.45) is 4.54. The Morgan fingerprint density at radius 2 is 1.97 bits per heavy atom. The molecule has 2 heterocycles. The van der Waals surface area contributed by atoms with Gasteiger partial charge < -0.3 is 5.32 Å². The topological polar surface area (TPSA) is 117 Å². The molecule has 1 aliphatic rings. The summed E-state index contributed by atoms with van der Waals surface area (Å²) < 4.78 is 25.2. The van der Waals surface area contributed by atoms with Gasteiger partial charge >= 0.3 is 0 Å². The number of nitrogens with zero attached hydrogens (tertiary/aromatic N) is 3. The van der Waals surface area contributed by atoms with Gasteiger partial charge in [0.2, 0.25) is 0 Å². The van der Waals surface area contributed by atoms with E-state index in [1.807, 2.05) is 29.7 Å². The van der Waals surface area contributed by atoms with Gasteiger partial charge in [-0.15, -0.1) is 11.3 Å². The quantitative estimate of drug-likeness (QED) is 0.310. The number of fused-ring (bicyclic) bond motifs is 1. The molecular weight excluding hydrogens is 410 g/mol. The number of rotatable bonds is 6. The standard InChI is InChI=1S/C19H21N5O3S2/c25-24-16(12-29(26,27)17-10-5-11-28-17)22-19-21-15-9-4-3-8-14(15)18(23-19)20-13-6-1-2-7-13/h3-5,8-11,13,25H,1-2,6-7,12H2,(H2,20,21,22,23,24). The van der Waals surface area contributed by atoms with Crippen molar-refractivity contribution in [2.24, 2.45) is 4.99 Å². The van der Waals surface area contributed by atoms with E-state index >= 15 is 0 Å². The number of aromatic nitrogens is 2. The summed E-state index contributed by atoms with van der Waals surface area (Å²) >= 11 is 1.12. The average molecular weight is 432 g/mol. The third-order valence-electron chi connectivity index (χ3n) is 4.78. The molecule has 3 N–H and O–H groups in total. The summed E-state index contributed by atoms with van der Waals surface area (Å²) in [4.78, 5) is 13.1. The van der Waals surface area contributed by atoms with E-state index in [4.69, 9.17) is 0 Å². The molecule has 0 bridgehead atoms. The number of aliphatic imine (C=N–C) groups is 1. The lowest BCUT2D eigenvalue weighted by Gasteiger charge is -2.15. The number of para-hydroxylation sites is 1. The molecule has 1 fully saturated rings. The fourth-order valence-electron chi connectivity index (χ4n) is 3.39. The molecule has 0 spiro atoms.